The molecule has 4 nitrogen and oxygen atoms in total. The zero-order valence-corrected chi connectivity index (χ0v) is 16.8. The Morgan fingerprint density at radius 2 is 1.79 bits per heavy atom. The van der Waals surface area contributed by atoms with Gasteiger partial charge in [0.2, 0.25) is 5.82 Å². The van der Waals surface area contributed by atoms with Crippen molar-refractivity contribution in [1.29, 1.82) is 0 Å². The summed E-state index contributed by atoms with van der Waals surface area (Å²) in [6, 6.07) is 14.1. The minimum absolute atomic E-state index is 0.104. The third kappa shape index (κ3) is 3.17. The zero-order valence-electron chi connectivity index (χ0n) is 16.8. The highest BCUT2D eigenvalue weighted by Crippen LogP contribution is 2.41. The Hall–Kier alpha value is -2.75. The van der Waals surface area contributed by atoms with Gasteiger partial charge < -0.3 is 4.52 Å². The van der Waals surface area contributed by atoms with Crippen LogP contribution in [0.2, 0.25) is 0 Å². The predicted molar refractivity (Wildman–Crippen MR) is 110 cm³/mol. The molecule has 4 heteroatoms. The monoisotopic (exact) mass is 374 g/mol. The molecule has 4 rings (SSSR count). The average molecular weight is 374 g/mol. The summed E-state index contributed by atoms with van der Waals surface area (Å²) in [5.41, 5.74) is 5.03. The molecule has 28 heavy (non-hydrogen) atoms. The fourth-order valence-corrected chi connectivity index (χ4v) is 4.27. The van der Waals surface area contributed by atoms with Gasteiger partial charge in [-0.25, -0.2) is 0 Å². The van der Waals surface area contributed by atoms with E-state index in [1.165, 1.54) is 5.56 Å². The van der Waals surface area contributed by atoms with E-state index in [-0.39, 0.29) is 11.2 Å². The number of benzene rings is 2. The molecule has 1 aliphatic rings. The summed E-state index contributed by atoms with van der Waals surface area (Å²) in [6.45, 7) is 6.48. The van der Waals surface area contributed by atoms with Gasteiger partial charge in [0.15, 0.2) is 5.78 Å². The number of hydrogen-bond acceptors (Lipinski definition) is 4. The van der Waals surface area contributed by atoms with Crippen molar-refractivity contribution in [3.8, 4) is 22.8 Å². The Kier molecular flexibility index (Phi) is 4.88. The van der Waals surface area contributed by atoms with E-state index in [1.54, 1.807) is 0 Å². The fourth-order valence-electron chi connectivity index (χ4n) is 4.27. The summed E-state index contributed by atoms with van der Waals surface area (Å²) in [7, 11) is 0. The van der Waals surface area contributed by atoms with E-state index in [2.05, 4.69) is 43.0 Å². The molecule has 0 fully saturated rings. The highest BCUT2D eigenvalue weighted by Gasteiger charge is 2.36. The number of aryl methyl sites for hydroxylation is 1. The Morgan fingerprint density at radius 3 is 2.54 bits per heavy atom. The van der Waals surface area contributed by atoms with Crippen molar-refractivity contribution in [3.05, 3.63) is 59.2 Å². The van der Waals surface area contributed by atoms with Crippen molar-refractivity contribution in [2.24, 2.45) is 5.41 Å². The lowest BCUT2D eigenvalue weighted by Gasteiger charge is -2.36. The van der Waals surface area contributed by atoms with Crippen LogP contribution < -0.4 is 0 Å². The van der Waals surface area contributed by atoms with E-state index >= 15 is 0 Å². The van der Waals surface area contributed by atoms with Crippen LogP contribution in [0.5, 0.6) is 0 Å². The standard InChI is InChI=1S/C24H26N2O2/c1-4-16-9-7-8-10-19(16)22-25-23(28-26-22)17-11-12-18-14-24(5-2,6-3)15-21(27)20(18)13-17/h7-13H,4-6,14-15H2,1-3H3. The van der Waals surface area contributed by atoms with Crippen LogP contribution in [0, 0.1) is 5.41 Å². The molecule has 1 heterocycles. The van der Waals surface area contributed by atoms with Gasteiger partial charge in [0.05, 0.1) is 0 Å². The first-order valence-corrected chi connectivity index (χ1v) is 10.2. The SMILES string of the molecule is CCc1ccccc1-c1noc(-c2ccc3c(c2)C(=O)CC(CC)(CC)C3)n1. The number of Topliss-reactive ketones (excluding diaryl/α,β-unsaturated/α-hetero) is 1. The minimum Gasteiger partial charge on any atom is -0.334 e. The Labute approximate surface area is 166 Å². The van der Waals surface area contributed by atoms with Crippen molar-refractivity contribution in [2.45, 2.75) is 52.9 Å². The van der Waals surface area contributed by atoms with Gasteiger partial charge in [-0.2, -0.15) is 4.98 Å². The Morgan fingerprint density at radius 1 is 1.00 bits per heavy atom. The number of hydrogen-bond donors (Lipinski definition) is 0. The average Bonchev–Trinajstić information content (AvgIpc) is 3.23. The second kappa shape index (κ2) is 7.34. The summed E-state index contributed by atoms with van der Waals surface area (Å²) in [4.78, 5) is 17.5. The normalized spacial score (nSPS) is 15.5. The van der Waals surface area contributed by atoms with E-state index < -0.39 is 0 Å². The first-order chi connectivity index (χ1) is 13.6. The lowest BCUT2D eigenvalue weighted by Crippen LogP contribution is -2.31. The van der Waals surface area contributed by atoms with Crippen molar-refractivity contribution in [3.63, 3.8) is 0 Å². The zero-order chi connectivity index (χ0) is 19.7. The first-order valence-electron chi connectivity index (χ1n) is 10.2. The summed E-state index contributed by atoms with van der Waals surface area (Å²) < 4.78 is 5.54. The molecule has 0 amide bonds. The quantitative estimate of drug-likeness (QED) is 0.558. The number of fused-ring (bicyclic) bond motifs is 1. The maximum atomic E-state index is 12.8. The van der Waals surface area contributed by atoms with Gasteiger partial charge in [0.25, 0.3) is 5.89 Å². The Balaban J connectivity index is 1.68. The molecule has 0 saturated carbocycles. The van der Waals surface area contributed by atoms with Crippen molar-refractivity contribution in [2.75, 3.05) is 0 Å². The molecule has 0 unspecified atom stereocenters. The van der Waals surface area contributed by atoms with Gasteiger partial charge in [0.1, 0.15) is 0 Å². The van der Waals surface area contributed by atoms with Gasteiger partial charge in [-0.05, 0) is 54.4 Å². The van der Waals surface area contributed by atoms with Crippen LogP contribution in [0.1, 0.15) is 61.5 Å². The van der Waals surface area contributed by atoms with E-state index in [0.717, 1.165) is 47.9 Å². The van der Waals surface area contributed by atoms with Crippen LogP contribution >= 0.6 is 0 Å². The molecule has 1 aromatic heterocycles. The van der Waals surface area contributed by atoms with Crippen molar-refractivity contribution in [1.82, 2.24) is 10.1 Å². The molecule has 0 saturated heterocycles. The minimum atomic E-state index is 0.104. The topological polar surface area (TPSA) is 56.0 Å². The second-order valence-electron chi connectivity index (χ2n) is 7.79. The van der Waals surface area contributed by atoms with Gasteiger partial charge in [-0.3, -0.25) is 4.79 Å². The molecule has 1 aliphatic carbocycles. The molecular weight excluding hydrogens is 348 g/mol. The molecule has 0 atom stereocenters. The third-order valence-corrected chi connectivity index (χ3v) is 6.32. The lowest BCUT2D eigenvalue weighted by atomic mass is 9.68. The Bertz CT molecular complexity index is 1010. The van der Waals surface area contributed by atoms with Gasteiger partial charge in [-0.15, -0.1) is 0 Å². The lowest BCUT2D eigenvalue weighted by molar-refractivity contribution is 0.0872. The van der Waals surface area contributed by atoms with Gasteiger partial charge in [0, 0.05) is 23.1 Å². The number of ketones is 1. The molecule has 3 aromatic rings. The molecule has 2 aromatic carbocycles. The van der Waals surface area contributed by atoms with Gasteiger partial charge >= 0.3 is 0 Å². The smallest absolute Gasteiger partial charge is 0.258 e. The summed E-state index contributed by atoms with van der Waals surface area (Å²) in [5.74, 6) is 1.27. The number of carbonyl (C=O) groups is 1. The van der Waals surface area contributed by atoms with E-state index in [1.807, 2.05) is 30.3 Å². The first kappa shape index (κ1) is 18.6. The van der Waals surface area contributed by atoms with Crippen LogP contribution in [0.15, 0.2) is 47.0 Å². The number of carbonyl (C=O) groups excluding carboxylic acids is 1. The van der Waals surface area contributed by atoms with Crippen molar-refractivity contribution >= 4 is 5.78 Å². The van der Waals surface area contributed by atoms with Crippen LogP contribution in [0.25, 0.3) is 22.8 Å². The molecule has 0 radical (unpaired) electrons. The number of aromatic nitrogens is 2. The molecule has 0 N–H and O–H groups in total. The fraction of sp³-hybridized carbons (Fsp3) is 0.375. The molecular formula is C24H26N2O2. The van der Waals surface area contributed by atoms with Crippen molar-refractivity contribution < 1.29 is 9.32 Å². The third-order valence-electron chi connectivity index (χ3n) is 6.32. The molecule has 0 aliphatic heterocycles. The van der Waals surface area contributed by atoms with Crippen LogP contribution in [0.4, 0.5) is 0 Å². The number of rotatable bonds is 5. The predicted octanol–water partition coefficient (Wildman–Crippen LogP) is 5.90. The maximum Gasteiger partial charge on any atom is 0.258 e. The number of nitrogens with zero attached hydrogens (tertiary/aromatic N) is 2. The highest BCUT2D eigenvalue weighted by molar-refractivity contribution is 6.00. The van der Waals surface area contributed by atoms with E-state index in [9.17, 15) is 4.79 Å². The van der Waals surface area contributed by atoms with E-state index in [4.69, 9.17) is 4.52 Å². The summed E-state index contributed by atoms with van der Waals surface area (Å²) >= 11 is 0. The second-order valence-corrected chi connectivity index (χ2v) is 7.79. The van der Waals surface area contributed by atoms with Crippen LogP contribution in [-0.2, 0) is 12.8 Å². The molecule has 144 valence electrons. The maximum absolute atomic E-state index is 12.8. The van der Waals surface area contributed by atoms with Crippen LogP contribution in [0.3, 0.4) is 0 Å². The summed E-state index contributed by atoms with van der Waals surface area (Å²) in [6.07, 6.45) is 4.54. The van der Waals surface area contributed by atoms with E-state index in [0.29, 0.717) is 18.1 Å². The van der Waals surface area contributed by atoms with Gasteiger partial charge in [-0.1, -0.05) is 56.3 Å². The highest BCUT2D eigenvalue weighted by atomic mass is 16.5. The summed E-state index contributed by atoms with van der Waals surface area (Å²) in [5, 5.41) is 4.18. The molecule has 0 spiro atoms. The molecule has 0 bridgehead atoms. The largest absolute Gasteiger partial charge is 0.334 e. The van der Waals surface area contributed by atoms with Crippen LogP contribution in [-0.4, -0.2) is 15.9 Å².